The lowest BCUT2D eigenvalue weighted by molar-refractivity contribution is -0.160. The molecular formula is C21H21F4N5O3. The topological polar surface area (TPSA) is 99.0 Å². The SMILES string of the molecule is O=C(O)C1=CC=CNC1NC(c1cc(F)cn2c(=O)cc(N3CCCCC3)nc12)C(F)(F)F. The number of alkyl halides is 3. The van der Waals surface area contributed by atoms with Crippen molar-refractivity contribution >= 4 is 17.4 Å². The van der Waals surface area contributed by atoms with Crippen LogP contribution in [0.5, 0.6) is 0 Å². The van der Waals surface area contributed by atoms with Crippen molar-refractivity contribution in [2.45, 2.75) is 37.6 Å². The second-order valence-electron chi connectivity index (χ2n) is 7.83. The standard InChI is InChI=1S/C21H21F4N5O3/c22-12-9-14(17(21(23,24)25)28-18-13(20(32)33)5-4-6-26-18)19-27-15(10-16(31)30(19)11-12)29-7-2-1-3-8-29/h4-6,9-11,17-18,26,28H,1-3,7-8H2,(H,32,33). The van der Waals surface area contributed by atoms with Gasteiger partial charge in [0.25, 0.3) is 5.56 Å². The van der Waals surface area contributed by atoms with E-state index in [9.17, 15) is 32.3 Å². The van der Waals surface area contributed by atoms with Crippen LogP contribution in [0.2, 0.25) is 0 Å². The second kappa shape index (κ2) is 8.85. The largest absolute Gasteiger partial charge is 0.478 e. The summed E-state index contributed by atoms with van der Waals surface area (Å²) in [5.74, 6) is -2.26. The van der Waals surface area contributed by atoms with Crippen LogP contribution < -0.4 is 21.1 Å². The number of nitrogens with zero attached hydrogens (tertiary/aromatic N) is 3. The summed E-state index contributed by atoms with van der Waals surface area (Å²) >= 11 is 0. The lowest BCUT2D eigenvalue weighted by Gasteiger charge is -2.30. The van der Waals surface area contributed by atoms with Crippen LogP contribution in [0.4, 0.5) is 23.4 Å². The molecule has 0 saturated carbocycles. The molecule has 0 aliphatic carbocycles. The van der Waals surface area contributed by atoms with Gasteiger partial charge >= 0.3 is 12.1 Å². The van der Waals surface area contributed by atoms with Crippen molar-refractivity contribution in [3.63, 3.8) is 0 Å². The Morgan fingerprint density at radius 3 is 2.64 bits per heavy atom. The van der Waals surface area contributed by atoms with Crippen molar-refractivity contribution in [1.29, 1.82) is 0 Å². The number of piperidine rings is 1. The van der Waals surface area contributed by atoms with E-state index < -0.39 is 41.3 Å². The van der Waals surface area contributed by atoms with Gasteiger partial charge in [0.2, 0.25) is 0 Å². The van der Waals surface area contributed by atoms with Gasteiger partial charge in [0.15, 0.2) is 0 Å². The zero-order chi connectivity index (χ0) is 23.8. The van der Waals surface area contributed by atoms with E-state index >= 15 is 0 Å². The summed E-state index contributed by atoms with van der Waals surface area (Å²) in [4.78, 5) is 30.3. The fourth-order valence-electron chi connectivity index (χ4n) is 4.03. The molecular weight excluding hydrogens is 446 g/mol. The van der Waals surface area contributed by atoms with Gasteiger partial charge in [-0.15, -0.1) is 0 Å². The molecule has 4 rings (SSSR count). The van der Waals surface area contributed by atoms with Crippen LogP contribution in [-0.4, -0.2) is 45.9 Å². The maximum absolute atomic E-state index is 14.3. The van der Waals surface area contributed by atoms with E-state index in [1.54, 1.807) is 0 Å². The molecule has 2 aliphatic heterocycles. The Bertz CT molecular complexity index is 1180. The monoisotopic (exact) mass is 467 g/mol. The van der Waals surface area contributed by atoms with E-state index in [2.05, 4.69) is 15.6 Å². The third kappa shape index (κ3) is 4.70. The maximum Gasteiger partial charge on any atom is 0.408 e. The summed E-state index contributed by atoms with van der Waals surface area (Å²) in [5.41, 5.74) is -2.05. The molecule has 0 aromatic carbocycles. The molecule has 2 unspecified atom stereocenters. The van der Waals surface area contributed by atoms with Gasteiger partial charge in [-0.05, 0) is 43.7 Å². The Kier molecular flexibility index (Phi) is 6.11. The van der Waals surface area contributed by atoms with Crippen LogP contribution in [-0.2, 0) is 4.79 Å². The molecule has 1 fully saturated rings. The number of hydrogen-bond donors (Lipinski definition) is 3. The summed E-state index contributed by atoms with van der Waals surface area (Å²) < 4.78 is 57.6. The highest BCUT2D eigenvalue weighted by Gasteiger charge is 2.44. The Morgan fingerprint density at radius 2 is 1.97 bits per heavy atom. The smallest absolute Gasteiger partial charge is 0.408 e. The van der Waals surface area contributed by atoms with Gasteiger partial charge in [0, 0.05) is 30.9 Å². The molecule has 33 heavy (non-hydrogen) atoms. The van der Waals surface area contributed by atoms with Crippen LogP contribution in [0.3, 0.4) is 0 Å². The lowest BCUT2D eigenvalue weighted by atomic mass is 10.0. The van der Waals surface area contributed by atoms with E-state index in [4.69, 9.17) is 0 Å². The molecule has 176 valence electrons. The van der Waals surface area contributed by atoms with Crippen molar-refractivity contribution in [3.8, 4) is 0 Å². The van der Waals surface area contributed by atoms with E-state index in [0.29, 0.717) is 19.2 Å². The highest BCUT2D eigenvalue weighted by atomic mass is 19.4. The Labute approximate surface area is 185 Å². The highest BCUT2D eigenvalue weighted by Crippen LogP contribution is 2.36. The number of carboxylic acids is 1. The third-order valence-electron chi connectivity index (χ3n) is 5.59. The van der Waals surface area contributed by atoms with Crippen molar-refractivity contribution in [3.05, 3.63) is 64.0 Å². The van der Waals surface area contributed by atoms with Crippen molar-refractivity contribution in [1.82, 2.24) is 20.0 Å². The Hall–Kier alpha value is -3.41. The highest BCUT2D eigenvalue weighted by molar-refractivity contribution is 5.88. The van der Waals surface area contributed by atoms with Crippen LogP contribution in [0.15, 0.2) is 47.0 Å². The van der Waals surface area contributed by atoms with E-state index in [-0.39, 0.29) is 17.0 Å². The first kappa shape index (κ1) is 22.8. The van der Waals surface area contributed by atoms with Gasteiger partial charge < -0.3 is 15.3 Å². The number of hydrogen-bond acceptors (Lipinski definition) is 6. The first-order valence-electron chi connectivity index (χ1n) is 10.3. The number of rotatable bonds is 5. The van der Waals surface area contributed by atoms with Crippen LogP contribution in [0, 0.1) is 5.82 Å². The minimum atomic E-state index is -4.96. The molecule has 2 atom stereocenters. The normalized spacial score (nSPS) is 19.8. The summed E-state index contributed by atoms with van der Waals surface area (Å²) in [6.07, 6.45) is 0.911. The number of carboxylic acid groups (broad SMARTS) is 1. The predicted octanol–water partition coefficient (Wildman–Crippen LogP) is 2.47. The Morgan fingerprint density at radius 1 is 1.24 bits per heavy atom. The zero-order valence-corrected chi connectivity index (χ0v) is 17.3. The van der Waals surface area contributed by atoms with Crippen molar-refractivity contribution in [2.24, 2.45) is 0 Å². The van der Waals surface area contributed by atoms with Crippen LogP contribution in [0.25, 0.3) is 5.65 Å². The number of halogens is 4. The second-order valence-corrected chi connectivity index (χ2v) is 7.83. The van der Waals surface area contributed by atoms with Crippen molar-refractivity contribution in [2.75, 3.05) is 18.0 Å². The van der Waals surface area contributed by atoms with Gasteiger partial charge in [-0.25, -0.2) is 14.2 Å². The van der Waals surface area contributed by atoms with Gasteiger partial charge in [-0.3, -0.25) is 14.5 Å². The quantitative estimate of drug-likeness (QED) is 0.581. The number of allylic oxidation sites excluding steroid dienone is 2. The molecule has 8 nitrogen and oxygen atoms in total. The molecule has 1 saturated heterocycles. The van der Waals surface area contributed by atoms with Crippen molar-refractivity contribution < 1.29 is 27.5 Å². The molecule has 3 N–H and O–H groups in total. The fourth-order valence-corrected chi connectivity index (χ4v) is 4.03. The number of dihydropyridines is 1. The third-order valence-corrected chi connectivity index (χ3v) is 5.59. The van der Waals surface area contributed by atoms with E-state index in [1.807, 2.05) is 4.90 Å². The first-order chi connectivity index (χ1) is 15.6. The number of aliphatic carboxylic acids is 1. The van der Waals surface area contributed by atoms with E-state index in [1.165, 1.54) is 18.3 Å². The zero-order valence-electron chi connectivity index (χ0n) is 17.3. The van der Waals surface area contributed by atoms with Gasteiger partial charge in [0.1, 0.15) is 29.5 Å². The summed E-state index contributed by atoms with van der Waals surface area (Å²) in [5, 5.41) is 14.1. The molecule has 0 amide bonds. The number of aromatic nitrogens is 2. The lowest BCUT2D eigenvalue weighted by Crippen LogP contribution is -2.50. The summed E-state index contributed by atoms with van der Waals surface area (Å²) in [7, 11) is 0. The number of carbonyl (C=O) groups is 1. The van der Waals surface area contributed by atoms with Crippen LogP contribution in [0.1, 0.15) is 30.9 Å². The molecule has 12 heteroatoms. The van der Waals surface area contributed by atoms with E-state index in [0.717, 1.165) is 35.9 Å². The summed E-state index contributed by atoms with van der Waals surface area (Å²) in [6.45, 7) is 1.20. The Balaban J connectivity index is 1.84. The molecule has 4 heterocycles. The predicted molar refractivity (Wildman–Crippen MR) is 111 cm³/mol. The number of pyridine rings is 1. The molecule has 2 aromatic rings. The van der Waals surface area contributed by atoms with Crippen LogP contribution >= 0.6 is 0 Å². The number of nitrogens with one attached hydrogen (secondary N) is 2. The number of anilines is 1. The minimum absolute atomic E-state index is 0.221. The molecule has 0 radical (unpaired) electrons. The molecule has 0 bridgehead atoms. The maximum atomic E-state index is 14.3. The average Bonchev–Trinajstić information content (AvgIpc) is 2.77. The molecule has 2 aliphatic rings. The van der Waals surface area contributed by atoms with Gasteiger partial charge in [-0.1, -0.05) is 0 Å². The fraction of sp³-hybridized carbons (Fsp3) is 0.381. The summed E-state index contributed by atoms with van der Waals surface area (Å²) in [6, 6.07) is -0.676. The minimum Gasteiger partial charge on any atom is -0.478 e. The van der Waals surface area contributed by atoms with Gasteiger partial charge in [-0.2, -0.15) is 13.2 Å². The molecule has 0 spiro atoms. The first-order valence-corrected chi connectivity index (χ1v) is 10.3. The molecule has 2 aromatic heterocycles. The van der Waals surface area contributed by atoms with Gasteiger partial charge in [0.05, 0.1) is 5.57 Å². The number of fused-ring (bicyclic) bond motifs is 1. The average molecular weight is 467 g/mol.